The van der Waals surface area contributed by atoms with Crippen LogP contribution in [0.25, 0.3) is 0 Å². The van der Waals surface area contributed by atoms with Crippen LogP contribution in [0.5, 0.6) is 0 Å². The molecule has 2 rings (SSSR count). The van der Waals surface area contributed by atoms with Gasteiger partial charge in [0, 0.05) is 0 Å². The van der Waals surface area contributed by atoms with Gasteiger partial charge in [0.2, 0.25) is 0 Å². The second-order valence-corrected chi connectivity index (χ2v) is 4.58. The van der Waals surface area contributed by atoms with E-state index in [0.29, 0.717) is 5.56 Å². The first-order chi connectivity index (χ1) is 8.20. The normalized spacial score (nSPS) is 12.1. The van der Waals surface area contributed by atoms with E-state index in [-0.39, 0.29) is 4.83 Å². The molecule has 0 saturated heterocycles. The Morgan fingerprint density at radius 3 is 2.24 bits per heavy atom. The number of carbonyl (C=O) groups is 1. The van der Waals surface area contributed by atoms with E-state index < -0.39 is 5.97 Å². The van der Waals surface area contributed by atoms with E-state index >= 15 is 0 Å². The summed E-state index contributed by atoms with van der Waals surface area (Å²) in [5.74, 6) is -0.902. The fourth-order valence-electron chi connectivity index (χ4n) is 1.71. The number of aromatic carboxylic acids is 1. The molecule has 0 unspecified atom stereocenters. The van der Waals surface area contributed by atoms with E-state index in [2.05, 4.69) is 15.9 Å². The molecule has 17 heavy (non-hydrogen) atoms. The van der Waals surface area contributed by atoms with Crippen LogP contribution < -0.4 is 0 Å². The lowest BCUT2D eigenvalue weighted by molar-refractivity contribution is 0.0696. The molecule has 0 aliphatic heterocycles. The first-order valence-electron chi connectivity index (χ1n) is 5.21. The largest absolute Gasteiger partial charge is 0.478 e. The van der Waals surface area contributed by atoms with Gasteiger partial charge in [-0.25, -0.2) is 4.79 Å². The van der Waals surface area contributed by atoms with Gasteiger partial charge in [-0.3, -0.25) is 0 Å². The molecule has 0 saturated carbocycles. The molecule has 0 aromatic heterocycles. The van der Waals surface area contributed by atoms with E-state index in [0.717, 1.165) is 11.1 Å². The molecule has 0 aliphatic rings. The van der Waals surface area contributed by atoms with Gasteiger partial charge in [0.05, 0.1) is 10.4 Å². The van der Waals surface area contributed by atoms with Crippen LogP contribution in [0.15, 0.2) is 54.6 Å². The average molecular weight is 291 g/mol. The van der Waals surface area contributed by atoms with Crippen molar-refractivity contribution in [3.63, 3.8) is 0 Å². The predicted molar refractivity (Wildman–Crippen MR) is 70.6 cm³/mol. The number of rotatable bonds is 3. The van der Waals surface area contributed by atoms with Crippen molar-refractivity contribution in [3.8, 4) is 0 Å². The topological polar surface area (TPSA) is 37.3 Å². The fourth-order valence-corrected chi connectivity index (χ4v) is 2.42. The lowest BCUT2D eigenvalue weighted by Gasteiger charge is -2.13. The minimum absolute atomic E-state index is 0.101. The Hall–Kier alpha value is -1.61. The van der Waals surface area contributed by atoms with Gasteiger partial charge in [0.1, 0.15) is 0 Å². The van der Waals surface area contributed by atoms with Gasteiger partial charge in [-0.2, -0.15) is 0 Å². The molecular formula is C14H11BrO2. The molecule has 1 atom stereocenters. The summed E-state index contributed by atoms with van der Waals surface area (Å²) in [4.78, 5) is 11.0. The molecular weight excluding hydrogens is 280 g/mol. The van der Waals surface area contributed by atoms with Gasteiger partial charge >= 0.3 is 5.97 Å². The van der Waals surface area contributed by atoms with Crippen LogP contribution in [0, 0.1) is 0 Å². The smallest absolute Gasteiger partial charge is 0.336 e. The number of hydrogen-bond acceptors (Lipinski definition) is 1. The van der Waals surface area contributed by atoms with E-state index in [4.69, 9.17) is 5.11 Å². The number of alkyl halides is 1. The van der Waals surface area contributed by atoms with Crippen LogP contribution in [-0.2, 0) is 0 Å². The van der Waals surface area contributed by atoms with Gasteiger partial charge in [-0.1, -0.05) is 64.5 Å². The SMILES string of the molecule is O=C(O)c1ccccc1[C@H](Br)c1ccccc1. The first kappa shape index (κ1) is 11.9. The number of halogens is 1. The van der Waals surface area contributed by atoms with Crippen molar-refractivity contribution in [2.24, 2.45) is 0 Å². The highest BCUT2D eigenvalue weighted by Crippen LogP contribution is 2.32. The number of carboxylic acids is 1. The summed E-state index contributed by atoms with van der Waals surface area (Å²) in [6, 6.07) is 16.8. The maximum absolute atomic E-state index is 11.1. The van der Waals surface area contributed by atoms with Crippen molar-refractivity contribution in [1.29, 1.82) is 0 Å². The van der Waals surface area contributed by atoms with E-state index in [1.165, 1.54) is 0 Å². The van der Waals surface area contributed by atoms with Crippen LogP contribution in [0.4, 0.5) is 0 Å². The van der Waals surface area contributed by atoms with E-state index in [1.807, 2.05) is 42.5 Å². The quantitative estimate of drug-likeness (QED) is 0.872. The van der Waals surface area contributed by atoms with Crippen molar-refractivity contribution >= 4 is 21.9 Å². The lowest BCUT2D eigenvalue weighted by Crippen LogP contribution is -2.04. The fraction of sp³-hybridized carbons (Fsp3) is 0.0714. The molecule has 0 amide bonds. The standard InChI is InChI=1S/C14H11BrO2/c15-13(10-6-2-1-3-7-10)11-8-4-5-9-12(11)14(16)17/h1-9,13H,(H,16,17)/t13-/m1/s1. The summed E-state index contributed by atoms with van der Waals surface area (Å²) >= 11 is 3.55. The summed E-state index contributed by atoms with van der Waals surface area (Å²) < 4.78 is 0. The lowest BCUT2D eigenvalue weighted by atomic mass is 10.00. The second-order valence-electron chi connectivity index (χ2n) is 3.67. The third-order valence-corrected chi connectivity index (χ3v) is 3.58. The molecule has 0 bridgehead atoms. The first-order valence-corrected chi connectivity index (χ1v) is 6.13. The number of hydrogen-bond donors (Lipinski definition) is 1. The van der Waals surface area contributed by atoms with Crippen LogP contribution in [0.1, 0.15) is 26.3 Å². The zero-order chi connectivity index (χ0) is 12.3. The molecule has 0 radical (unpaired) electrons. The second kappa shape index (κ2) is 5.15. The Morgan fingerprint density at radius 1 is 1.00 bits per heavy atom. The molecule has 3 heteroatoms. The molecule has 0 heterocycles. The van der Waals surface area contributed by atoms with Gasteiger partial charge in [0.15, 0.2) is 0 Å². The summed E-state index contributed by atoms with van der Waals surface area (Å²) in [5.41, 5.74) is 2.14. The zero-order valence-corrected chi connectivity index (χ0v) is 10.6. The third kappa shape index (κ3) is 2.56. The van der Waals surface area contributed by atoms with Gasteiger partial charge < -0.3 is 5.11 Å². The average Bonchev–Trinajstić information content (AvgIpc) is 2.39. The molecule has 0 fully saturated rings. The van der Waals surface area contributed by atoms with Gasteiger partial charge in [-0.15, -0.1) is 0 Å². The van der Waals surface area contributed by atoms with Crippen LogP contribution >= 0.6 is 15.9 Å². The molecule has 0 aliphatic carbocycles. The van der Waals surface area contributed by atoms with E-state index in [1.54, 1.807) is 12.1 Å². The number of benzene rings is 2. The van der Waals surface area contributed by atoms with Crippen LogP contribution in [0.3, 0.4) is 0 Å². The van der Waals surface area contributed by atoms with Crippen molar-refractivity contribution < 1.29 is 9.90 Å². The summed E-state index contributed by atoms with van der Waals surface area (Å²) in [6.45, 7) is 0. The van der Waals surface area contributed by atoms with Crippen molar-refractivity contribution in [2.45, 2.75) is 4.83 Å². The third-order valence-electron chi connectivity index (χ3n) is 2.56. The van der Waals surface area contributed by atoms with Gasteiger partial charge in [0.25, 0.3) is 0 Å². The molecule has 86 valence electrons. The molecule has 2 nitrogen and oxygen atoms in total. The van der Waals surface area contributed by atoms with Crippen molar-refractivity contribution in [1.82, 2.24) is 0 Å². The summed E-state index contributed by atoms with van der Waals surface area (Å²) in [5, 5.41) is 9.14. The zero-order valence-electron chi connectivity index (χ0n) is 9.01. The highest BCUT2D eigenvalue weighted by molar-refractivity contribution is 9.09. The highest BCUT2D eigenvalue weighted by Gasteiger charge is 2.17. The monoisotopic (exact) mass is 290 g/mol. The highest BCUT2D eigenvalue weighted by atomic mass is 79.9. The van der Waals surface area contributed by atoms with Crippen molar-refractivity contribution in [2.75, 3.05) is 0 Å². The van der Waals surface area contributed by atoms with Crippen LogP contribution in [-0.4, -0.2) is 11.1 Å². The van der Waals surface area contributed by atoms with Crippen molar-refractivity contribution in [3.05, 3.63) is 71.3 Å². The minimum atomic E-state index is -0.902. The summed E-state index contributed by atoms with van der Waals surface area (Å²) in [7, 11) is 0. The summed E-state index contributed by atoms with van der Waals surface area (Å²) in [6.07, 6.45) is 0. The minimum Gasteiger partial charge on any atom is -0.478 e. The van der Waals surface area contributed by atoms with Crippen LogP contribution in [0.2, 0.25) is 0 Å². The predicted octanol–water partition coefficient (Wildman–Crippen LogP) is 3.87. The number of carboxylic acid groups (broad SMARTS) is 1. The maximum Gasteiger partial charge on any atom is 0.336 e. The Labute approximate surface area is 108 Å². The maximum atomic E-state index is 11.1. The molecule has 2 aromatic rings. The molecule has 1 N–H and O–H groups in total. The Balaban J connectivity index is 2.44. The Morgan fingerprint density at radius 2 is 1.59 bits per heavy atom. The van der Waals surface area contributed by atoms with E-state index in [9.17, 15) is 4.79 Å². The Bertz CT molecular complexity index is 523. The van der Waals surface area contributed by atoms with Gasteiger partial charge in [-0.05, 0) is 17.2 Å². The Kier molecular flexibility index (Phi) is 3.59. The molecule has 0 spiro atoms. The molecule has 2 aromatic carbocycles.